The topological polar surface area (TPSA) is 84.7 Å². The second-order valence-electron chi connectivity index (χ2n) is 4.53. The molecular formula is C13H23N3O3S. The molecule has 1 atom stereocenters. The SMILES string of the molecule is CCC(C)N(CCOC)S(=O)(=O)c1ccc(NN)cc1. The van der Waals surface area contributed by atoms with E-state index in [4.69, 9.17) is 10.6 Å². The highest BCUT2D eigenvalue weighted by Gasteiger charge is 2.27. The summed E-state index contributed by atoms with van der Waals surface area (Å²) < 4.78 is 31.8. The van der Waals surface area contributed by atoms with Crippen LogP contribution in [0.25, 0.3) is 0 Å². The number of rotatable bonds is 8. The fraction of sp³-hybridized carbons (Fsp3) is 0.538. The summed E-state index contributed by atoms with van der Waals surface area (Å²) >= 11 is 0. The minimum absolute atomic E-state index is 0.0811. The fourth-order valence-electron chi connectivity index (χ4n) is 1.82. The zero-order valence-electron chi connectivity index (χ0n) is 12.2. The van der Waals surface area contributed by atoms with Gasteiger partial charge < -0.3 is 10.2 Å². The van der Waals surface area contributed by atoms with E-state index in [2.05, 4.69) is 5.43 Å². The van der Waals surface area contributed by atoms with Crippen LogP contribution in [-0.4, -0.2) is 39.0 Å². The van der Waals surface area contributed by atoms with Gasteiger partial charge in [-0.25, -0.2) is 8.42 Å². The van der Waals surface area contributed by atoms with Crippen LogP contribution in [0.2, 0.25) is 0 Å². The van der Waals surface area contributed by atoms with Crippen molar-refractivity contribution in [1.29, 1.82) is 0 Å². The molecule has 0 aliphatic rings. The number of hydrogen-bond donors (Lipinski definition) is 2. The summed E-state index contributed by atoms with van der Waals surface area (Å²) in [6, 6.07) is 6.29. The first-order valence-electron chi connectivity index (χ1n) is 6.54. The molecule has 1 aromatic carbocycles. The van der Waals surface area contributed by atoms with Crippen LogP contribution < -0.4 is 11.3 Å². The summed E-state index contributed by atoms with van der Waals surface area (Å²) in [5.74, 6) is 5.28. The van der Waals surface area contributed by atoms with Crippen LogP contribution in [0.4, 0.5) is 5.69 Å². The summed E-state index contributed by atoms with van der Waals surface area (Å²) in [5.41, 5.74) is 3.14. The average Bonchev–Trinajstić information content (AvgIpc) is 2.47. The van der Waals surface area contributed by atoms with E-state index in [9.17, 15) is 8.42 Å². The van der Waals surface area contributed by atoms with Crippen LogP contribution in [0.5, 0.6) is 0 Å². The van der Waals surface area contributed by atoms with Gasteiger partial charge in [-0.05, 0) is 37.6 Å². The first kappa shape index (κ1) is 16.9. The molecule has 0 aliphatic heterocycles. The van der Waals surface area contributed by atoms with E-state index in [0.29, 0.717) is 18.8 Å². The van der Waals surface area contributed by atoms with E-state index in [1.165, 1.54) is 4.31 Å². The zero-order chi connectivity index (χ0) is 15.2. The van der Waals surface area contributed by atoms with E-state index in [1.807, 2.05) is 13.8 Å². The molecular weight excluding hydrogens is 278 g/mol. The quantitative estimate of drug-likeness (QED) is 0.560. The first-order chi connectivity index (χ1) is 9.47. The number of hydrazine groups is 1. The average molecular weight is 301 g/mol. The monoisotopic (exact) mass is 301 g/mol. The van der Waals surface area contributed by atoms with Gasteiger partial charge >= 0.3 is 0 Å². The number of nitrogens with two attached hydrogens (primary N) is 1. The van der Waals surface area contributed by atoms with Gasteiger partial charge in [0.25, 0.3) is 0 Å². The molecule has 0 saturated carbocycles. The van der Waals surface area contributed by atoms with Gasteiger partial charge in [-0.2, -0.15) is 4.31 Å². The molecule has 6 nitrogen and oxygen atoms in total. The molecule has 1 rings (SSSR count). The van der Waals surface area contributed by atoms with Crippen LogP contribution in [0, 0.1) is 0 Å². The maximum absolute atomic E-state index is 12.7. The number of nitrogen functional groups attached to an aromatic ring is 1. The molecule has 0 aromatic heterocycles. The first-order valence-corrected chi connectivity index (χ1v) is 7.98. The van der Waals surface area contributed by atoms with Crippen molar-refractivity contribution >= 4 is 15.7 Å². The maximum atomic E-state index is 12.7. The number of sulfonamides is 1. The van der Waals surface area contributed by atoms with Gasteiger partial charge in [0.05, 0.1) is 11.5 Å². The standard InChI is InChI=1S/C13H23N3O3S/c1-4-11(2)16(9-10-19-3)20(17,18)13-7-5-12(15-14)6-8-13/h5-8,11,15H,4,9-10,14H2,1-3H3. The molecule has 0 heterocycles. The predicted molar refractivity (Wildman–Crippen MR) is 79.8 cm³/mol. The lowest BCUT2D eigenvalue weighted by Gasteiger charge is -2.27. The van der Waals surface area contributed by atoms with Crippen LogP contribution in [-0.2, 0) is 14.8 Å². The van der Waals surface area contributed by atoms with E-state index in [0.717, 1.165) is 6.42 Å². The largest absolute Gasteiger partial charge is 0.383 e. The van der Waals surface area contributed by atoms with Crippen molar-refractivity contribution in [2.75, 3.05) is 25.7 Å². The van der Waals surface area contributed by atoms with Crippen molar-refractivity contribution in [3.8, 4) is 0 Å². The molecule has 0 saturated heterocycles. The Morgan fingerprint density at radius 2 is 1.95 bits per heavy atom. The van der Waals surface area contributed by atoms with E-state index >= 15 is 0 Å². The third-order valence-corrected chi connectivity index (χ3v) is 5.25. The molecule has 0 aliphatic carbocycles. The van der Waals surface area contributed by atoms with Gasteiger partial charge in [-0.15, -0.1) is 0 Å². The van der Waals surface area contributed by atoms with E-state index < -0.39 is 10.0 Å². The number of hydrogen-bond acceptors (Lipinski definition) is 5. The third kappa shape index (κ3) is 3.92. The lowest BCUT2D eigenvalue weighted by Crippen LogP contribution is -2.40. The van der Waals surface area contributed by atoms with Gasteiger partial charge in [0.2, 0.25) is 10.0 Å². The minimum Gasteiger partial charge on any atom is -0.383 e. The maximum Gasteiger partial charge on any atom is 0.243 e. The third-order valence-electron chi connectivity index (χ3n) is 3.23. The van der Waals surface area contributed by atoms with Crippen molar-refractivity contribution in [3.63, 3.8) is 0 Å². The molecule has 0 bridgehead atoms. The summed E-state index contributed by atoms with van der Waals surface area (Å²) in [4.78, 5) is 0.257. The van der Waals surface area contributed by atoms with Crippen LogP contribution in [0.15, 0.2) is 29.2 Å². The van der Waals surface area contributed by atoms with Crippen LogP contribution in [0.1, 0.15) is 20.3 Å². The molecule has 1 unspecified atom stereocenters. The van der Waals surface area contributed by atoms with Crippen LogP contribution in [0.3, 0.4) is 0 Å². The smallest absolute Gasteiger partial charge is 0.243 e. The second kappa shape index (κ2) is 7.58. The predicted octanol–water partition coefficient (Wildman–Crippen LogP) is 1.41. The Morgan fingerprint density at radius 1 is 1.35 bits per heavy atom. The number of nitrogens with one attached hydrogen (secondary N) is 1. The fourth-order valence-corrected chi connectivity index (χ4v) is 3.51. The second-order valence-corrected chi connectivity index (χ2v) is 6.43. The number of anilines is 1. The van der Waals surface area contributed by atoms with Crippen molar-refractivity contribution in [1.82, 2.24) is 4.31 Å². The van der Waals surface area contributed by atoms with Gasteiger partial charge in [-0.3, -0.25) is 5.84 Å². The van der Waals surface area contributed by atoms with E-state index in [1.54, 1.807) is 31.4 Å². The Labute approximate surface area is 120 Å². The molecule has 20 heavy (non-hydrogen) atoms. The van der Waals surface area contributed by atoms with Gasteiger partial charge in [0, 0.05) is 25.4 Å². The Hall–Kier alpha value is -1.15. The Bertz CT molecular complexity index is 502. The number of ether oxygens (including phenoxy) is 1. The lowest BCUT2D eigenvalue weighted by atomic mass is 10.3. The lowest BCUT2D eigenvalue weighted by molar-refractivity contribution is 0.167. The Morgan fingerprint density at radius 3 is 2.40 bits per heavy atom. The molecule has 0 amide bonds. The van der Waals surface area contributed by atoms with E-state index in [-0.39, 0.29) is 10.9 Å². The number of benzene rings is 1. The van der Waals surface area contributed by atoms with Gasteiger partial charge in [0.15, 0.2) is 0 Å². The van der Waals surface area contributed by atoms with Crippen molar-refractivity contribution in [2.24, 2.45) is 5.84 Å². The highest BCUT2D eigenvalue weighted by molar-refractivity contribution is 7.89. The minimum atomic E-state index is -3.52. The van der Waals surface area contributed by atoms with Crippen molar-refractivity contribution in [3.05, 3.63) is 24.3 Å². The molecule has 3 N–H and O–H groups in total. The summed E-state index contributed by atoms with van der Waals surface area (Å²) in [7, 11) is -1.97. The normalized spacial score (nSPS) is 13.4. The van der Waals surface area contributed by atoms with Gasteiger partial charge in [-0.1, -0.05) is 6.92 Å². The molecule has 7 heteroatoms. The Balaban J connectivity index is 3.07. The molecule has 0 fully saturated rings. The highest BCUT2D eigenvalue weighted by atomic mass is 32.2. The molecule has 114 valence electrons. The highest BCUT2D eigenvalue weighted by Crippen LogP contribution is 2.21. The van der Waals surface area contributed by atoms with Crippen molar-refractivity contribution in [2.45, 2.75) is 31.2 Å². The van der Waals surface area contributed by atoms with Crippen molar-refractivity contribution < 1.29 is 13.2 Å². The zero-order valence-corrected chi connectivity index (χ0v) is 13.0. The summed E-state index contributed by atoms with van der Waals surface area (Å²) in [6.07, 6.45) is 0.741. The number of methoxy groups -OCH3 is 1. The van der Waals surface area contributed by atoms with Crippen LogP contribution >= 0.6 is 0 Å². The van der Waals surface area contributed by atoms with Gasteiger partial charge in [0.1, 0.15) is 0 Å². The molecule has 1 aromatic rings. The number of nitrogens with zero attached hydrogens (tertiary/aromatic N) is 1. The summed E-state index contributed by atoms with van der Waals surface area (Å²) in [5, 5.41) is 0. The Kier molecular flexibility index (Phi) is 6.41. The summed E-state index contributed by atoms with van der Waals surface area (Å²) in [6.45, 7) is 4.56. The molecule has 0 spiro atoms. The molecule has 0 radical (unpaired) electrons.